The normalized spacial score (nSPS) is 19.1. The van der Waals surface area contributed by atoms with Gasteiger partial charge in [0.05, 0.1) is 0 Å². The highest BCUT2D eigenvalue weighted by atomic mass is 14.4. The molecule has 1 fully saturated rings. The van der Waals surface area contributed by atoms with Crippen LogP contribution in [-0.2, 0) is 25.7 Å². The fourth-order valence-corrected chi connectivity index (χ4v) is 6.44. The molecule has 216 valence electrons. The van der Waals surface area contributed by atoms with E-state index in [-0.39, 0.29) is 0 Å². The smallest absolute Gasteiger partial charge is 0.0203 e. The Kier molecular flexibility index (Phi) is 12.8. The lowest BCUT2D eigenvalue weighted by Gasteiger charge is -2.41. The summed E-state index contributed by atoms with van der Waals surface area (Å²) < 4.78 is 0. The molecule has 3 unspecified atom stereocenters. The van der Waals surface area contributed by atoms with Crippen LogP contribution in [0.5, 0.6) is 0 Å². The summed E-state index contributed by atoms with van der Waals surface area (Å²) in [5.74, 6) is 2.32. The summed E-state index contributed by atoms with van der Waals surface area (Å²) >= 11 is 0. The van der Waals surface area contributed by atoms with Crippen molar-refractivity contribution in [2.45, 2.75) is 127 Å². The fraction of sp³-hybridized carbons (Fsp3) is 0.590. The molecular weight excluding hydrogens is 468 g/mol. The lowest BCUT2D eigenvalue weighted by molar-refractivity contribution is 0.122. The number of benzene rings is 2. The molecule has 0 radical (unpaired) electrons. The Morgan fingerprint density at radius 1 is 0.897 bits per heavy atom. The average molecular weight is 529 g/mol. The van der Waals surface area contributed by atoms with Gasteiger partial charge < -0.3 is 0 Å². The van der Waals surface area contributed by atoms with Crippen LogP contribution in [0.1, 0.15) is 120 Å². The first-order chi connectivity index (χ1) is 18.3. The summed E-state index contributed by atoms with van der Waals surface area (Å²) in [6.45, 7) is 31.2. The molecule has 0 heterocycles. The van der Waals surface area contributed by atoms with Crippen LogP contribution in [0.25, 0.3) is 0 Å². The lowest BCUT2D eigenvalue weighted by atomic mass is 9.64. The van der Waals surface area contributed by atoms with Crippen LogP contribution < -0.4 is 0 Å². The van der Waals surface area contributed by atoms with Crippen molar-refractivity contribution in [1.29, 1.82) is 0 Å². The second-order valence-electron chi connectivity index (χ2n) is 13.8. The van der Waals surface area contributed by atoms with Crippen molar-refractivity contribution < 1.29 is 0 Å². The van der Waals surface area contributed by atoms with E-state index < -0.39 is 0 Å². The van der Waals surface area contributed by atoms with Crippen molar-refractivity contribution in [2.75, 3.05) is 0 Å². The third-order valence-corrected chi connectivity index (χ3v) is 9.65. The summed E-state index contributed by atoms with van der Waals surface area (Å²) in [4.78, 5) is 0. The number of hydrogen-bond donors (Lipinski definition) is 0. The molecule has 1 saturated carbocycles. The van der Waals surface area contributed by atoms with E-state index in [4.69, 9.17) is 0 Å². The third-order valence-electron chi connectivity index (χ3n) is 9.65. The summed E-state index contributed by atoms with van der Waals surface area (Å²) in [5.41, 5.74) is 13.8. The zero-order chi connectivity index (χ0) is 29.3. The summed E-state index contributed by atoms with van der Waals surface area (Å²) in [6.07, 6.45) is 11.0. The standard InChI is InChI=1S/C27H38.C12H22/c1-8-10-24-14-15-25(23(7)26(24)16-13-19(2)3)17-20(4)18-27-21(5)11-9-12-22(27)6;1-9(2)11-7-6-10(3)12(4,5)8-11/h9,11-12,14-15,20H,2,8,10,13,16-18H2,1,3-7H3;10-11H,1,6-8H2,2-5H3. The maximum Gasteiger partial charge on any atom is -0.0203 e. The summed E-state index contributed by atoms with van der Waals surface area (Å²) in [7, 11) is 0. The second-order valence-corrected chi connectivity index (χ2v) is 13.8. The number of hydrogen-bond acceptors (Lipinski definition) is 0. The minimum atomic E-state index is 0.530. The van der Waals surface area contributed by atoms with E-state index in [1.165, 1.54) is 71.1 Å². The first kappa shape index (κ1) is 33.1. The molecule has 39 heavy (non-hydrogen) atoms. The van der Waals surface area contributed by atoms with E-state index in [0.717, 1.165) is 37.5 Å². The van der Waals surface area contributed by atoms with Gasteiger partial charge in [0.2, 0.25) is 0 Å². The SMILES string of the molecule is C=C(C)C1CCC(C)C(C)(C)C1.C=C(C)CCc1c(CCC)ccc(CC(C)Cc2c(C)cccc2C)c1C. The topological polar surface area (TPSA) is 0 Å². The van der Waals surface area contributed by atoms with Crippen molar-refractivity contribution in [3.8, 4) is 0 Å². The van der Waals surface area contributed by atoms with Crippen LogP contribution in [0.4, 0.5) is 0 Å². The molecule has 0 aliphatic heterocycles. The molecule has 3 atom stereocenters. The van der Waals surface area contributed by atoms with Gasteiger partial charge in [-0.15, -0.1) is 6.58 Å². The zero-order valence-corrected chi connectivity index (χ0v) is 27.4. The molecular formula is C39H60. The van der Waals surface area contributed by atoms with Gasteiger partial charge in [-0.1, -0.05) is 89.1 Å². The van der Waals surface area contributed by atoms with Gasteiger partial charge in [-0.2, -0.15) is 0 Å². The third kappa shape index (κ3) is 9.81. The zero-order valence-electron chi connectivity index (χ0n) is 27.4. The second kappa shape index (κ2) is 15.1. The maximum atomic E-state index is 4.11. The molecule has 1 aliphatic rings. The van der Waals surface area contributed by atoms with Gasteiger partial charge in [0, 0.05) is 0 Å². The van der Waals surface area contributed by atoms with E-state index in [2.05, 4.69) is 113 Å². The Labute approximate surface area is 243 Å². The quantitative estimate of drug-likeness (QED) is 0.269. The van der Waals surface area contributed by atoms with Gasteiger partial charge in [0.1, 0.15) is 0 Å². The van der Waals surface area contributed by atoms with Crippen LogP contribution in [0, 0.1) is 43.9 Å². The Balaban J connectivity index is 0.000000370. The molecule has 0 spiro atoms. The van der Waals surface area contributed by atoms with Crippen LogP contribution in [0.15, 0.2) is 54.6 Å². The average Bonchev–Trinajstić information content (AvgIpc) is 2.85. The summed E-state index contributed by atoms with van der Waals surface area (Å²) in [6, 6.07) is 11.4. The molecule has 0 nitrogen and oxygen atoms in total. The van der Waals surface area contributed by atoms with Crippen LogP contribution in [0.3, 0.4) is 0 Å². The molecule has 0 amide bonds. The van der Waals surface area contributed by atoms with Crippen molar-refractivity contribution in [3.63, 3.8) is 0 Å². The van der Waals surface area contributed by atoms with E-state index >= 15 is 0 Å². The fourth-order valence-electron chi connectivity index (χ4n) is 6.44. The largest absolute Gasteiger partial charge is 0.100 e. The van der Waals surface area contributed by atoms with Gasteiger partial charge >= 0.3 is 0 Å². The van der Waals surface area contributed by atoms with Gasteiger partial charge in [-0.25, -0.2) is 0 Å². The van der Waals surface area contributed by atoms with Crippen molar-refractivity contribution in [2.24, 2.45) is 23.2 Å². The molecule has 2 aromatic carbocycles. The Morgan fingerprint density at radius 2 is 1.51 bits per heavy atom. The minimum Gasteiger partial charge on any atom is -0.100 e. The van der Waals surface area contributed by atoms with Gasteiger partial charge in [-0.3, -0.25) is 0 Å². The molecule has 0 bridgehead atoms. The predicted molar refractivity (Wildman–Crippen MR) is 176 cm³/mol. The van der Waals surface area contributed by atoms with Crippen LogP contribution in [-0.4, -0.2) is 0 Å². The summed E-state index contributed by atoms with van der Waals surface area (Å²) in [5, 5.41) is 0. The van der Waals surface area contributed by atoms with Gasteiger partial charge in [0.15, 0.2) is 0 Å². The van der Waals surface area contributed by atoms with E-state index in [1.54, 1.807) is 11.1 Å². The van der Waals surface area contributed by atoms with E-state index in [1.807, 2.05) is 0 Å². The Morgan fingerprint density at radius 3 is 2.05 bits per heavy atom. The van der Waals surface area contributed by atoms with Crippen molar-refractivity contribution >= 4 is 0 Å². The molecule has 0 aromatic heterocycles. The van der Waals surface area contributed by atoms with Crippen molar-refractivity contribution in [1.82, 2.24) is 0 Å². The van der Waals surface area contributed by atoms with Gasteiger partial charge in [0.25, 0.3) is 0 Å². The molecule has 2 aromatic rings. The predicted octanol–water partition coefficient (Wildman–Crippen LogP) is 11.5. The first-order valence-electron chi connectivity index (χ1n) is 15.7. The highest BCUT2D eigenvalue weighted by Crippen LogP contribution is 2.44. The molecule has 0 heteroatoms. The molecule has 3 rings (SSSR count). The Hall–Kier alpha value is -2.08. The molecule has 1 aliphatic carbocycles. The number of allylic oxidation sites excluding steroid dienone is 2. The van der Waals surface area contributed by atoms with Gasteiger partial charge in [-0.05, 0) is 148 Å². The van der Waals surface area contributed by atoms with Crippen LogP contribution >= 0.6 is 0 Å². The lowest BCUT2D eigenvalue weighted by Crippen LogP contribution is -2.30. The maximum absolute atomic E-state index is 4.11. The van der Waals surface area contributed by atoms with Crippen LogP contribution in [0.2, 0.25) is 0 Å². The van der Waals surface area contributed by atoms with E-state index in [0.29, 0.717) is 11.3 Å². The minimum absolute atomic E-state index is 0.530. The van der Waals surface area contributed by atoms with E-state index in [9.17, 15) is 0 Å². The highest BCUT2D eigenvalue weighted by molar-refractivity contribution is 5.42. The first-order valence-corrected chi connectivity index (χ1v) is 15.7. The number of rotatable bonds is 10. The Bertz CT molecular complexity index is 1080. The molecule has 0 N–H and O–H groups in total. The number of aryl methyl sites for hydroxylation is 3. The highest BCUT2D eigenvalue weighted by Gasteiger charge is 2.33. The van der Waals surface area contributed by atoms with Crippen molar-refractivity contribution in [3.05, 3.63) is 93.6 Å². The molecule has 0 saturated heterocycles. The monoisotopic (exact) mass is 528 g/mol.